The van der Waals surface area contributed by atoms with Gasteiger partial charge in [0, 0.05) is 40.5 Å². The summed E-state index contributed by atoms with van der Waals surface area (Å²) in [7, 11) is 4.17. The van der Waals surface area contributed by atoms with E-state index in [2.05, 4.69) is 45.1 Å². The summed E-state index contributed by atoms with van der Waals surface area (Å²) < 4.78 is 2.25. The zero-order chi connectivity index (χ0) is 20.0. The number of likely N-dealkylation sites (N-methyl/N-ethyl adjacent to an activating group) is 1. The van der Waals surface area contributed by atoms with Crippen LogP contribution in [0.3, 0.4) is 0 Å². The van der Waals surface area contributed by atoms with Gasteiger partial charge in [-0.1, -0.05) is 29.8 Å². The maximum absolute atomic E-state index is 6.60. The number of nitrogens with zero attached hydrogens (tertiary/aromatic N) is 5. The number of halogens is 1. The van der Waals surface area contributed by atoms with E-state index in [1.54, 1.807) is 0 Å². The van der Waals surface area contributed by atoms with Crippen LogP contribution >= 0.6 is 22.9 Å². The van der Waals surface area contributed by atoms with Gasteiger partial charge in [-0.3, -0.25) is 9.56 Å². The molecule has 2 aliphatic heterocycles. The van der Waals surface area contributed by atoms with Crippen molar-refractivity contribution in [3.63, 3.8) is 0 Å². The van der Waals surface area contributed by atoms with Crippen LogP contribution in [-0.4, -0.2) is 52.6 Å². The van der Waals surface area contributed by atoms with E-state index in [9.17, 15) is 0 Å². The largest absolute Gasteiger partial charge is 0.312 e. The van der Waals surface area contributed by atoms with Crippen molar-refractivity contribution in [3.05, 3.63) is 62.5 Å². The Balaban J connectivity index is 1.72. The molecule has 0 unspecified atom stereocenters. The highest BCUT2D eigenvalue weighted by Gasteiger charge is 2.31. The highest BCUT2D eigenvalue weighted by atomic mass is 35.5. The van der Waals surface area contributed by atoms with Crippen LogP contribution in [0.15, 0.2) is 29.3 Å². The third kappa shape index (κ3) is 3.32. The first-order chi connectivity index (χ1) is 14.1. The van der Waals surface area contributed by atoms with Crippen molar-refractivity contribution < 1.29 is 0 Å². The predicted molar refractivity (Wildman–Crippen MR) is 118 cm³/mol. The Kier molecular flexibility index (Phi) is 4.99. The Labute approximate surface area is 179 Å². The van der Waals surface area contributed by atoms with E-state index in [1.807, 2.05) is 29.5 Å². The van der Waals surface area contributed by atoms with Crippen molar-refractivity contribution in [2.24, 2.45) is 4.99 Å². The summed E-state index contributed by atoms with van der Waals surface area (Å²) in [6.45, 7) is 3.31. The van der Waals surface area contributed by atoms with Crippen molar-refractivity contribution in [1.82, 2.24) is 25.0 Å². The molecule has 0 bridgehead atoms. The van der Waals surface area contributed by atoms with Gasteiger partial charge >= 0.3 is 0 Å². The van der Waals surface area contributed by atoms with Crippen molar-refractivity contribution in [2.75, 3.05) is 27.2 Å². The molecule has 0 amide bonds. The fourth-order valence-electron chi connectivity index (χ4n) is 4.00. The number of benzene rings is 1. The SMILES string of the molecule is CN(C)CCc1nnc2n1-c1sc3c(c1C(c1ccccc1Cl)=NC2)CCNC3. The first-order valence-corrected chi connectivity index (χ1v) is 11.1. The molecule has 0 fully saturated rings. The molecule has 4 heterocycles. The molecule has 150 valence electrons. The van der Waals surface area contributed by atoms with E-state index in [0.717, 1.165) is 60.4 Å². The normalized spacial score (nSPS) is 15.5. The second kappa shape index (κ2) is 7.65. The molecule has 0 atom stereocenters. The van der Waals surface area contributed by atoms with Gasteiger partial charge < -0.3 is 10.2 Å². The second-order valence-electron chi connectivity index (χ2n) is 7.68. The highest BCUT2D eigenvalue weighted by molar-refractivity contribution is 7.15. The van der Waals surface area contributed by atoms with Crippen LogP contribution in [0.25, 0.3) is 5.00 Å². The zero-order valence-electron chi connectivity index (χ0n) is 16.6. The number of aliphatic imine (C=N–C) groups is 1. The molecular weight excluding hydrogens is 404 g/mol. The van der Waals surface area contributed by atoms with Gasteiger partial charge in [0.15, 0.2) is 5.82 Å². The Morgan fingerprint density at radius 1 is 1.24 bits per heavy atom. The predicted octanol–water partition coefficient (Wildman–Crippen LogP) is 3.08. The molecule has 5 rings (SSSR count). The van der Waals surface area contributed by atoms with Crippen LogP contribution in [-0.2, 0) is 25.9 Å². The van der Waals surface area contributed by atoms with E-state index >= 15 is 0 Å². The van der Waals surface area contributed by atoms with Gasteiger partial charge in [-0.15, -0.1) is 21.5 Å². The summed E-state index contributed by atoms with van der Waals surface area (Å²) in [5.74, 6) is 1.89. The molecular formula is C21H23ClN6S. The fourth-order valence-corrected chi connectivity index (χ4v) is 5.58. The Morgan fingerprint density at radius 2 is 2.10 bits per heavy atom. The summed E-state index contributed by atoms with van der Waals surface area (Å²) in [5.41, 5.74) is 4.57. The first-order valence-electron chi connectivity index (χ1n) is 9.86. The summed E-state index contributed by atoms with van der Waals surface area (Å²) in [6.07, 6.45) is 1.84. The second-order valence-corrected chi connectivity index (χ2v) is 9.17. The average molecular weight is 427 g/mol. The minimum Gasteiger partial charge on any atom is -0.312 e. The lowest BCUT2D eigenvalue weighted by Crippen LogP contribution is -2.23. The molecule has 0 saturated carbocycles. The number of nitrogens with one attached hydrogen (secondary N) is 1. The highest BCUT2D eigenvalue weighted by Crippen LogP contribution is 2.39. The molecule has 0 radical (unpaired) electrons. The zero-order valence-corrected chi connectivity index (χ0v) is 18.1. The van der Waals surface area contributed by atoms with Gasteiger partial charge in [-0.25, -0.2) is 0 Å². The van der Waals surface area contributed by atoms with Crippen molar-refractivity contribution in [1.29, 1.82) is 0 Å². The fraction of sp³-hybridized carbons (Fsp3) is 0.381. The van der Waals surface area contributed by atoms with Gasteiger partial charge in [0.1, 0.15) is 17.4 Å². The van der Waals surface area contributed by atoms with Crippen LogP contribution in [0.2, 0.25) is 5.02 Å². The van der Waals surface area contributed by atoms with E-state index < -0.39 is 0 Å². The van der Waals surface area contributed by atoms with Gasteiger partial charge in [0.2, 0.25) is 0 Å². The third-order valence-electron chi connectivity index (χ3n) is 5.44. The lowest BCUT2D eigenvalue weighted by molar-refractivity contribution is 0.408. The molecule has 29 heavy (non-hydrogen) atoms. The van der Waals surface area contributed by atoms with Crippen LogP contribution < -0.4 is 5.32 Å². The standard InChI is InChI=1S/C21H23ClN6S/c1-27(2)10-8-17-25-26-18-12-24-20(13-5-3-4-6-15(13)22)19-14-7-9-23-11-16(14)29-21(19)28(17)18/h3-6,23H,7-12H2,1-2H3. The molecule has 6 nitrogen and oxygen atoms in total. The first kappa shape index (κ1) is 18.9. The van der Waals surface area contributed by atoms with E-state index in [-0.39, 0.29) is 0 Å². The molecule has 0 aliphatic carbocycles. The van der Waals surface area contributed by atoms with E-state index in [0.29, 0.717) is 6.54 Å². The lowest BCUT2D eigenvalue weighted by Gasteiger charge is -2.16. The van der Waals surface area contributed by atoms with Gasteiger partial charge in [-0.05, 0) is 38.7 Å². The number of hydrogen-bond donors (Lipinski definition) is 1. The minimum absolute atomic E-state index is 0.504. The van der Waals surface area contributed by atoms with E-state index in [1.165, 1.54) is 21.0 Å². The van der Waals surface area contributed by atoms with Gasteiger partial charge in [0.25, 0.3) is 0 Å². The number of rotatable bonds is 4. The van der Waals surface area contributed by atoms with Crippen molar-refractivity contribution >= 4 is 28.6 Å². The molecule has 0 spiro atoms. The molecule has 2 aliphatic rings. The molecule has 8 heteroatoms. The lowest BCUT2D eigenvalue weighted by atomic mass is 9.96. The molecule has 3 aromatic rings. The Hall–Kier alpha value is -2.06. The van der Waals surface area contributed by atoms with Crippen LogP contribution in [0, 0.1) is 0 Å². The van der Waals surface area contributed by atoms with Crippen LogP contribution in [0.1, 0.15) is 33.2 Å². The number of hydrogen-bond acceptors (Lipinski definition) is 6. The quantitative estimate of drug-likeness (QED) is 0.696. The summed E-state index contributed by atoms with van der Waals surface area (Å²) in [4.78, 5) is 8.56. The number of fused-ring (bicyclic) bond motifs is 5. The van der Waals surface area contributed by atoms with E-state index in [4.69, 9.17) is 16.6 Å². The summed E-state index contributed by atoms with van der Waals surface area (Å²) in [6, 6.07) is 7.99. The molecule has 2 aromatic heterocycles. The summed E-state index contributed by atoms with van der Waals surface area (Å²) in [5, 5.41) is 14.4. The number of thiophene rings is 1. The maximum Gasteiger partial charge on any atom is 0.160 e. The molecule has 1 N–H and O–H groups in total. The van der Waals surface area contributed by atoms with Crippen molar-refractivity contribution in [2.45, 2.75) is 25.9 Å². The molecule has 1 aromatic carbocycles. The number of aromatic nitrogens is 3. The smallest absolute Gasteiger partial charge is 0.160 e. The van der Waals surface area contributed by atoms with Gasteiger partial charge in [-0.2, -0.15) is 0 Å². The van der Waals surface area contributed by atoms with Crippen molar-refractivity contribution in [3.8, 4) is 5.00 Å². The Bertz CT molecular complexity index is 1100. The van der Waals surface area contributed by atoms with Crippen LogP contribution in [0.4, 0.5) is 0 Å². The monoisotopic (exact) mass is 426 g/mol. The van der Waals surface area contributed by atoms with Crippen LogP contribution in [0.5, 0.6) is 0 Å². The maximum atomic E-state index is 6.60. The topological polar surface area (TPSA) is 58.3 Å². The third-order valence-corrected chi connectivity index (χ3v) is 6.98. The molecule has 0 saturated heterocycles. The Morgan fingerprint density at radius 3 is 2.93 bits per heavy atom. The van der Waals surface area contributed by atoms with Gasteiger partial charge in [0.05, 0.1) is 5.71 Å². The average Bonchev–Trinajstić information content (AvgIpc) is 3.25. The summed E-state index contributed by atoms with van der Waals surface area (Å²) >= 11 is 8.43. The minimum atomic E-state index is 0.504.